The van der Waals surface area contributed by atoms with Gasteiger partial charge in [-0.15, -0.1) is 0 Å². The van der Waals surface area contributed by atoms with Crippen LogP contribution in [0.15, 0.2) is 30.3 Å². The van der Waals surface area contributed by atoms with E-state index in [0.717, 1.165) is 0 Å². The highest BCUT2D eigenvalue weighted by Crippen LogP contribution is 2.27. The molecule has 106 valence electrons. The van der Waals surface area contributed by atoms with E-state index in [1.807, 2.05) is 0 Å². The molecule has 0 saturated carbocycles. The molecule has 6 heteroatoms. The minimum Gasteiger partial charge on any atom is -0.497 e. The van der Waals surface area contributed by atoms with Crippen molar-refractivity contribution >= 4 is 28.9 Å². The van der Waals surface area contributed by atoms with Crippen molar-refractivity contribution in [1.82, 2.24) is 0 Å². The Bertz CT molecular complexity index is 612. The molecular weight excluding hydrogens is 307 g/mol. The Balaban J connectivity index is 2.13. The fourth-order valence-electron chi connectivity index (χ4n) is 1.65. The van der Waals surface area contributed by atoms with E-state index in [-0.39, 0.29) is 16.6 Å². The Labute approximate surface area is 125 Å². The van der Waals surface area contributed by atoms with Gasteiger partial charge in [0.05, 0.1) is 17.2 Å². The monoisotopic (exact) mass is 317 g/mol. The van der Waals surface area contributed by atoms with Crippen LogP contribution in [0.2, 0.25) is 10.0 Å². The third kappa shape index (κ3) is 3.32. The van der Waals surface area contributed by atoms with Crippen LogP contribution in [0, 0.1) is 11.6 Å². The van der Waals surface area contributed by atoms with Gasteiger partial charge in [-0.1, -0.05) is 29.3 Å². The number of ether oxygens (including phenoxy) is 1. The van der Waals surface area contributed by atoms with E-state index in [9.17, 15) is 8.78 Å². The molecule has 0 heterocycles. The lowest BCUT2D eigenvalue weighted by molar-refractivity contribution is 0.411. The topological polar surface area (TPSA) is 21.3 Å². The molecule has 0 bridgehead atoms. The van der Waals surface area contributed by atoms with E-state index >= 15 is 0 Å². The van der Waals surface area contributed by atoms with Crippen molar-refractivity contribution in [2.45, 2.75) is 6.54 Å². The second kappa shape index (κ2) is 6.29. The van der Waals surface area contributed by atoms with Gasteiger partial charge in [-0.3, -0.25) is 0 Å². The minimum absolute atomic E-state index is 0.0878. The number of halogens is 4. The molecule has 0 aliphatic heterocycles. The smallest absolute Gasteiger partial charge is 0.160 e. The summed E-state index contributed by atoms with van der Waals surface area (Å²) in [6.07, 6.45) is 0. The second-order valence-corrected chi connectivity index (χ2v) is 4.88. The lowest BCUT2D eigenvalue weighted by Crippen LogP contribution is -2.02. The molecule has 2 nitrogen and oxygen atoms in total. The van der Waals surface area contributed by atoms with Gasteiger partial charge < -0.3 is 10.1 Å². The summed E-state index contributed by atoms with van der Waals surface area (Å²) < 4.78 is 31.9. The van der Waals surface area contributed by atoms with Crippen LogP contribution in [0.25, 0.3) is 0 Å². The van der Waals surface area contributed by atoms with E-state index in [0.29, 0.717) is 17.0 Å². The van der Waals surface area contributed by atoms with Crippen molar-refractivity contribution in [2.24, 2.45) is 0 Å². The summed E-state index contributed by atoms with van der Waals surface area (Å²) in [5, 5.41) is 2.76. The number of rotatable bonds is 4. The van der Waals surface area contributed by atoms with Gasteiger partial charge in [0.15, 0.2) is 5.82 Å². The summed E-state index contributed by atoms with van der Waals surface area (Å²) in [5.41, 5.74) is 0.957. The second-order valence-electron chi connectivity index (χ2n) is 4.06. The number of nitrogens with one attached hydrogen (secondary N) is 1. The molecule has 2 aromatic rings. The maximum Gasteiger partial charge on any atom is 0.160 e. The molecule has 1 N–H and O–H groups in total. The molecule has 0 aliphatic carbocycles. The average Bonchev–Trinajstić information content (AvgIpc) is 2.43. The van der Waals surface area contributed by atoms with Crippen molar-refractivity contribution in [3.63, 3.8) is 0 Å². The standard InChI is InChI=1S/C14H11Cl2F2NO/c1-20-10-3-2-8(13(17)6-10)7-19-9-4-11(15)14(18)12(16)5-9/h2-6,19H,7H2,1H3. The normalized spacial score (nSPS) is 10.4. The highest BCUT2D eigenvalue weighted by molar-refractivity contribution is 6.35. The maximum atomic E-state index is 13.7. The molecule has 2 aromatic carbocycles. The van der Waals surface area contributed by atoms with Crippen molar-refractivity contribution < 1.29 is 13.5 Å². The number of benzene rings is 2. The molecule has 0 fully saturated rings. The predicted octanol–water partition coefficient (Wildman–Crippen LogP) is 4.89. The molecule has 0 spiro atoms. The highest BCUT2D eigenvalue weighted by atomic mass is 35.5. The van der Waals surface area contributed by atoms with E-state index in [2.05, 4.69) is 5.32 Å². The van der Waals surface area contributed by atoms with Gasteiger partial charge >= 0.3 is 0 Å². The van der Waals surface area contributed by atoms with Crippen LogP contribution in [0.4, 0.5) is 14.5 Å². The Morgan fingerprint density at radius 2 is 1.75 bits per heavy atom. The van der Waals surface area contributed by atoms with Crippen molar-refractivity contribution in [2.75, 3.05) is 12.4 Å². The molecule has 20 heavy (non-hydrogen) atoms. The van der Waals surface area contributed by atoms with E-state index in [4.69, 9.17) is 27.9 Å². The molecule has 2 rings (SSSR count). The number of hydrogen-bond donors (Lipinski definition) is 1. The summed E-state index contributed by atoms with van der Waals surface area (Å²) in [4.78, 5) is 0. The first-order chi connectivity index (χ1) is 9.51. The lowest BCUT2D eigenvalue weighted by atomic mass is 10.2. The van der Waals surface area contributed by atoms with E-state index < -0.39 is 11.6 Å². The third-order valence-electron chi connectivity index (χ3n) is 2.73. The van der Waals surface area contributed by atoms with Gasteiger partial charge in [-0.2, -0.15) is 0 Å². The molecule has 0 aromatic heterocycles. The van der Waals surface area contributed by atoms with Crippen molar-refractivity contribution in [1.29, 1.82) is 0 Å². The quantitative estimate of drug-likeness (QED) is 0.810. The summed E-state index contributed by atoms with van der Waals surface area (Å²) in [6, 6.07) is 7.34. The van der Waals surface area contributed by atoms with Gasteiger partial charge in [0.1, 0.15) is 11.6 Å². The molecule has 0 radical (unpaired) electrons. The molecule has 0 amide bonds. The van der Waals surface area contributed by atoms with E-state index in [1.54, 1.807) is 12.1 Å². The van der Waals surface area contributed by atoms with Crippen LogP contribution in [0.3, 0.4) is 0 Å². The van der Waals surface area contributed by atoms with E-state index in [1.165, 1.54) is 25.3 Å². The number of anilines is 1. The average molecular weight is 318 g/mol. The lowest BCUT2D eigenvalue weighted by Gasteiger charge is -2.10. The molecule has 0 unspecified atom stereocenters. The fraction of sp³-hybridized carbons (Fsp3) is 0.143. The number of hydrogen-bond acceptors (Lipinski definition) is 2. The summed E-state index contributed by atoms with van der Waals surface area (Å²) in [7, 11) is 1.47. The van der Waals surface area contributed by atoms with Gasteiger partial charge in [0.2, 0.25) is 0 Å². The van der Waals surface area contributed by atoms with Crippen molar-refractivity contribution in [3.05, 3.63) is 57.6 Å². The van der Waals surface area contributed by atoms with Crippen molar-refractivity contribution in [3.8, 4) is 5.75 Å². The Morgan fingerprint density at radius 1 is 1.10 bits per heavy atom. The summed E-state index contributed by atoms with van der Waals surface area (Å²) in [6.45, 7) is 0.216. The van der Waals surface area contributed by atoms with Gasteiger partial charge in [0.25, 0.3) is 0 Å². The van der Waals surface area contributed by atoms with Crippen LogP contribution in [-0.4, -0.2) is 7.11 Å². The third-order valence-corrected chi connectivity index (χ3v) is 3.28. The zero-order valence-corrected chi connectivity index (χ0v) is 12.0. The van der Waals surface area contributed by atoms with Crippen LogP contribution >= 0.6 is 23.2 Å². The van der Waals surface area contributed by atoms with Crippen LogP contribution < -0.4 is 10.1 Å². The van der Waals surface area contributed by atoms with Gasteiger partial charge in [-0.05, 0) is 18.2 Å². The molecule has 0 saturated heterocycles. The zero-order chi connectivity index (χ0) is 14.7. The maximum absolute atomic E-state index is 13.7. The summed E-state index contributed by atoms with van der Waals surface area (Å²) >= 11 is 11.4. The first kappa shape index (κ1) is 14.9. The number of methoxy groups -OCH3 is 1. The van der Waals surface area contributed by atoms with Gasteiger partial charge in [-0.25, -0.2) is 8.78 Å². The van der Waals surface area contributed by atoms with Crippen LogP contribution in [-0.2, 0) is 6.54 Å². The fourth-order valence-corrected chi connectivity index (χ4v) is 2.14. The minimum atomic E-state index is -0.672. The Kier molecular flexibility index (Phi) is 4.68. The first-order valence-corrected chi connectivity index (χ1v) is 6.47. The Hall–Kier alpha value is -1.52. The van der Waals surface area contributed by atoms with Gasteiger partial charge in [0, 0.05) is 23.9 Å². The summed E-state index contributed by atoms with van der Waals surface area (Å²) in [5.74, 6) is -0.621. The highest BCUT2D eigenvalue weighted by Gasteiger charge is 2.08. The van der Waals surface area contributed by atoms with Crippen LogP contribution in [0.5, 0.6) is 5.75 Å². The predicted molar refractivity (Wildman–Crippen MR) is 76.7 cm³/mol. The molecular formula is C14H11Cl2F2NO. The zero-order valence-electron chi connectivity index (χ0n) is 10.5. The molecule has 0 atom stereocenters. The SMILES string of the molecule is COc1ccc(CNc2cc(Cl)c(F)c(Cl)c2)c(F)c1. The Morgan fingerprint density at radius 3 is 2.30 bits per heavy atom. The van der Waals surface area contributed by atoms with Crippen LogP contribution in [0.1, 0.15) is 5.56 Å². The molecule has 0 aliphatic rings. The largest absolute Gasteiger partial charge is 0.497 e. The first-order valence-electron chi connectivity index (χ1n) is 5.72.